The van der Waals surface area contributed by atoms with Crippen molar-refractivity contribution in [2.75, 3.05) is 13.1 Å². The highest BCUT2D eigenvalue weighted by molar-refractivity contribution is 5.67. The number of carbonyl (C=O) groups is 1. The maximum Gasteiger partial charge on any atom is 0.407 e. The van der Waals surface area contributed by atoms with Crippen molar-refractivity contribution in [3.8, 4) is 0 Å². The number of imidazole rings is 1. The van der Waals surface area contributed by atoms with E-state index in [-0.39, 0.29) is 6.09 Å². The molecule has 0 saturated heterocycles. The van der Waals surface area contributed by atoms with E-state index in [0.717, 1.165) is 25.1 Å². The van der Waals surface area contributed by atoms with Crippen molar-refractivity contribution in [2.45, 2.75) is 64.5 Å². The Hall–Kier alpha value is -1.56. The number of rotatable bonds is 6. The highest BCUT2D eigenvalue weighted by atomic mass is 16.6. The summed E-state index contributed by atoms with van der Waals surface area (Å²) in [5.74, 6) is 0.470. The average Bonchev–Trinajstić information content (AvgIpc) is 2.98. The van der Waals surface area contributed by atoms with Gasteiger partial charge < -0.3 is 20.4 Å². The number of carbonyl (C=O) groups excluding carboxylic acids is 1. The van der Waals surface area contributed by atoms with Crippen molar-refractivity contribution in [1.29, 1.82) is 0 Å². The van der Waals surface area contributed by atoms with E-state index in [9.17, 15) is 4.79 Å². The second-order valence-corrected chi connectivity index (χ2v) is 7.31. The summed E-state index contributed by atoms with van der Waals surface area (Å²) in [4.78, 5) is 19.0. The molecule has 0 bridgehead atoms. The maximum absolute atomic E-state index is 11.8. The van der Waals surface area contributed by atoms with Gasteiger partial charge in [-0.15, -0.1) is 0 Å². The Morgan fingerprint density at radius 3 is 2.87 bits per heavy atom. The van der Waals surface area contributed by atoms with Crippen LogP contribution in [0.2, 0.25) is 0 Å². The van der Waals surface area contributed by atoms with Gasteiger partial charge >= 0.3 is 6.09 Å². The summed E-state index contributed by atoms with van der Waals surface area (Å²) < 4.78 is 5.31. The average molecular weight is 322 g/mol. The predicted octanol–water partition coefficient (Wildman–Crippen LogP) is 2.63. The number of aromatic amines is 1. The number of hydrogen-bond donors (Lipinski definition) is 3. The molecule has 6 nitrogen and oxygen atoms in total. The largest absolute Gasteiger partial charge is 0.444 e. The van der Waals surface area contributed by atoms with Gasteiger partial charge in [0.05, 0.1) is 6.33 Å². The Morgan fingerprint density at radius 1 is 1.39 bits per heavy atom. The minimum atomic E-state index is -0.446. The Balaban J connectivity index is 1.73. The molecule has 1 amide bonds. The number of amides is 1. The second-order valence-electron chi connectivity index (χ2n) is 7.31. The first kappa shape index (κ1) is 17.8. The van der Waals surface area contributed by atoms with Crippen LogP contribution in [-0.4, -0.2) is 40.8 Å². The van der Waals surface area contributed by atoms with Crippen molar-refractivity contribution >= 4 is 6.09 Å². The zero-order valence-corrected chi connectivity index (χ0v) is 14.5. The summed E-state index contributed by atoms with van der Waals surface area (Å²) in [6.45, 7) is 7.25. The van der Waals surface area contributed by atoms with Crippen LogP contribution in [0.4, 0.5) is 4.79 Å². The molecule has 2 atom stereocenters. The van der Waals surface area contributed by atoms with E-state index < -0.39 is 5.60 Å². The Labute approximate surface area is 138 Å². The molecule has 2 unspecified atom stereocenters. The third-order valence-electron chi connectivity index (χ3n) is 4.17. The molecule has 130 valence electrons. The Morgan fingerprint density at radius 2 is 2.17 bits per heavy atom. The van der Waals surface area contributed by atoms with Crippen molar-refractivity contribution in [3.63, 3.8) is 0 Å². The van der Waals surface area contributed by atoms with Gasteiger partial charge in [-0.1, -0.05) is 12.8 Å². The van der Waals surface area contributed by atoms with E-state index in [0.29, 0.717) is 18.5 Å². The Bertz CT molecular complexity index is 467. The van der Waals surface area contributed by atoms with Crippen LogP contribution in [0.5, 0.6) is 0 Å². The lowest BCUT2D eigenvalue weighted by molar-refractivity contribution is 0.0511. The molecular weight excluding hydrogens is 292 g/mol. The van der Waals surface area contributed by atoms with Crippen molar-refractivity contribution in [2.24, 2.45) is 5.92 Å². The standard InChI is InChI=1S/C17H30N4O2/c1-17(2,3)23-16(22)20-10-13-6-4-5-7-15(13)19-9-8-14-11-18-12-21-14/h11-13,15,19H,4-10H2,1-3H3,(H,18,21)(H,20,22). The van der Waals surface area contributed by atoms with Crippen molar-refractivity contribution in [1.82, 2.24) is 20.6 Å². The maximum atomic E-state index is 11.8. The number of ether oxygens (including phenoxy) is 1. The van der Waals surface area contributed by atoms with Crippen LogP contribution in [-0.2, 0) is 11.2 Å². The van der Waals surface area contributed by atoms with Crippen LogP contribution in [0, 0.1) is 5.92 Å². The molecule has 6 heteroatoms. The number of nitrogens with one attached hydrogen (secondary N) is 3. The van der Waals surface area contributed by atoms with Crippen LogP contribution in [0.15, 0.2) is 12.5 Å². The number of hydrogen-bond acceptors (Lipinski definition) is 4. The molecule has 1 aromatic heterocycles. The van der Waals surface area contributed by atoms with Crippen LogP contribution in [0.3, 0.4) is 0 Å². The normalized spacial score (nSPS) is 21.9. The second kappa shape index (κ2) is 8.34. The lowest BCUT2D eigenvalue weighted by Gasteiger charge is -2.32. The highest BCUT2D eigenvalue weighted by Gasteiger charge is 2.25. The summed E-state index contributed by atoms with van der Waals surface area (Å²) in [6, 6.07) is 0.460. The minimum absolute atomic E-state index is 0.320. The first-order valence-electron chi connectivity index (χ1n) is 8.61. The highest BCUT2D eigenvalue weighted by Crippen LogP contribution is 2.24. The van der Waals surface area contributed by atoms with E-state index >= 15 is 0 Å². The molecule has 2 rings (SSSR count). The molecule has 0 aromatic carbocycles. The third kappa shape index (κ3) is 6.60. The van der Waals surface area contributed by atoms with Crippen LogP contribution in [0.1, 0.15) is 52.1 Å². The summed E-state index contributed by atoms with van der Waals surface area (Å²) in [7, 11) is 0. The SMILES string of the molecule is CC(C)(C)OC(=O)NCC1CCCCC1NCCc1cnc[nH]1. The predicted molar refractivity (Wildman–Crippen MR) is 90.3 cm³/mol. The van der Waals surface area contributed by atoms with Gasteiger partial charge in [0.1, 0.15) is 5.60 Å². The molecule has 0 aliphatic heterocycles. The summed E-state index contributed by atoms with van der Waals surface area (Å²) in [5, 5.41) is 6.57. The topological polar surface area (TPSA) is 79.0 Å². The van der Waals surface area contributed by atoms with Gasteiger partial charge in [0.15, 0.2) is 0 Å². The first-order valence-corrected chi connectivity index (χ1v) is 8.61. The fraction of sp³-hybridized carbons (Fsp3) is 0.765. The van der Waals surface area contributed by atoms with Crippen LogP contribution in [0.25, 0.3) is 0 Å². The summed E-state index contributed by atoms with van der Waals surface area (Å²) >= 11 is 0. The van der Waals surface area contributed by atoms with Gasteiger partial charge in [-0.25, -0.2) is 9.78 Å². The lowest BCUT2D eigenvalue weighted by atomic mass is 9.84. The van der Waals surface area contributed by atoms with E-state index in [1.165, 1.54) is 19.3 Å². The van der Waals surface area contributed by atoms with Crippen molar-refractivity contribution in [3.05, 3.63) is 18.2 Å². The molecule has 1 aliphatic rings. The molecule has 1 fully saturated rings. The number of nitrogens with zero attached hydrogens (tertiary/aromatic N) is 1. The van der Waals surface area contributed by atoms with Gasteiger partial charge in [0, 0.05) is 37.4 Å². The summed E-state index contributed by atoms with van der Waals surface area (Å²) in [6.07, 6.45) is 9.01. The first-order chi connectivity index (χ1) is 10.9. The molecule has 1 heterocycles. The number of alkyl carbamates (subject to hydrolysis) is 1. The summed E-state index contributed by atoms with van der Waals surface area (Å²) in [5.41, 5.74) is 0.704. The third-order valence-corrected chi connectivity index (χ3v) is 4.17. The van der Waals surface area contributed by atoms with Crippen LogP contribution >= 0.6 is 0 Å². The van der Waals surface area contributed by atoms with E-state index in [4.69, 9.17) is 4.74 Å². The molecule has 1 aliphatic carbocycles. The van der Waals surface area contributed by atoms with Gasteiger partial charge in [0.25, 0.3) is 0 Å². The molecule has 23 heavy (non-hydrogen) atoms. The number of H-pyrrole nitrogens is 1. The minimum Gasteiger partial charge on any atom is -0.444 e. The van der Waals surface area contributed by atoms with E-state index in [1.54, 1.807) is 6.33 Å². The molecular formula is C17H30N4O2. The monoisotopic (exact) mass is 322 g/mol. The van der Waals surface area contributed by atoms with E-state index in [2.05, 4.69) is 20.6 Å². The number of aromatic nitrogens is 2. The molecule has 1 saturated carbocycles. The van der Waals surface area contributed by atoms with Crippen LogP contribution < -0.4 is 10.6 Å². The molecule has 1 aromatic rings. The molecule has 0 spiro atoms. The lowest BCUT2D eigenvalue weighted by Crippen LogP contribution is -2.45. The van der Waals surface area contributed by atoms with Gasteiger partial charge in [-0.3, -0.25) is 0 Å². The fourth-order valence-corrected chi connectivity index (χ4v) is 3.06. The Kier molecular flexibility index (Phi) is 6.45. The zero-order chi connectivity index (χ0) is 16.7. The quantitative estimate of drug-likeness (QED) is 0.752. The fourth-order valence-electron chi connectivity index (χ4n) is 3.06. The van der Waals surface area contributed by atoms with Gasteiger partial charge in [0.2, 0.25) is 0 Å². The van der Waals surface area contributed by atoms with Gasteiger partial charge in [-0.2, -0.15) is 0 Å². The van der Waals surface area contributed by atoms with Crippen molar-refractivity contribution < 1.29 is 9.53 Å². The smallest absolute Gasteiger partial charge is 0.407 e. The molecule has 0 radical (unpaired) electrons. The van der Waals surface area contributed by atoms with Gasteiger partial charge in [-0.05, 0) is 39.5 Å². The van der Waals surface area contributed by atoms with E-state index in [1.807, 2.05) is 27.0 Å². The molecule has 3 N–H and O–H groups in total. The zero-order valence-electron chi connectivity index (χ0n) is 14.5.